The summed E-state index contributed by atoms with van der Waals surface area (Å²) in [6.45, 7) is 10.7. The minimum absolute atomic E-state index is 0.0628. The smallest absolute Gasteiger partial charge is 0.255 e. The number of likely N-dealkylation sites (tertiary alicyclic amines) is 1. The minimum atomic E-state index is -0.594. The third kappa shape index (κ3) is 6.58. The van der Waals surface area contributed by atoms with Gasteiger partial charge in [0.25, 0.3) is 5.91 Å². The molecule has 0 unspecified atom stereocenters. The molecule has 3 heterocycles. The van der Waals surface area contributed by atoms with Gasteiger partial charge in [-0.2, -0.15) is 0 Å². The van der Waals surface area contributed by atoms with Crippen LogP contribution in [0.5, 0.6) is 5.75 Å². The summed E-state index contributed by atoms with van der Waals surface area (Å²) < 4.78 is 12.3. The lowest BCUT2D eigenvalue weighted by Crippen LogP contribution is -2.50. The fraction of sp³-hybridized carbons (Fsp3) is 0.714. The lowest BCUT2D eigenvalue weighted by Gasteiger charge is -2.34. The molecule has 4 bridgehead atoms. The van der Waals surface area contributed by atoms with E-state index in [2.05, 4.69) is 43.2 Å². The predicted octanol–water partition coefficient (Wildman–Crippen LogP) is 2.84. The molecule has 2 saturated heterocycles. The molecule has 3 aliphatic heterocycles. The predicted molar refractivity (Wildman–Crippen MR) is 138 cm³/mol. The highest BCUT2D eigenvalue weighted by molar-refractivity contribution is 5.97. The Bertz CT molecular complexity index is 920. The van der Waals surface area contributed by atoms with Crippen molar-refractivity contribution in [2.24, 2.45) is 5.92 Å². The van der Waals surface area contributed by atoms with Crippen molar-refractivity contribution in [1.82, 2.24) is 15.5 Å². The van der Waals surface area contributed by atoms with Gasteiger partial charge in [-0.15, -0.1) is 0 Å². The van der Waals surface area contributed by atoms with Crippen molar-refractivity contribution in [3.05, 3.63) is 29.3 Å². The second-order valence-electron chi connectivity index (χ2n) is 11.3. The molecule has 0 aliphatic carbocycles. The van der Waals surface area contributed by atoms with Crippen LogP contribution in [-0.2, 0) is 9.53 Å². The van der Waals surface area contributed by atoms with Crippen LogP contribution in [0.1, 0.15) is 81.6 Å². The van der Waals surface area contributed by atoms with Gasteiger partial charge >= 0.3 is 0 Å². The molecule has 3 N–H and O–H groups in total. The van der Waals surface area contributed by atoms with Crippen LogP contribution in [0, 0.1) is 5.92 Å². The molecule has 8 heteroatoms. The van der Waals surface area contributed by atoms with Gasteiger partial charge in [-0.25, -0.2) is 0 Å². The van der Waals surface area contributed by atoms with Gasteiger partial charge in [0.1, 0.15) is 11.9 Å². The standard InChI is InChI=1S/C28H43N3O5/c1-17(2)9-11-31-16-20-14-23(31)28(34)29-15-26-24(32)8-6-21(36-26)10-12-35-25-13-19(18(3)4)5-7-22(25)27(33)30-20/h5,7,13,17-18,20-21,23-24,26,32H,6,8-12,14-16H2,1-4H3,(H,29,34)(H,30,33)/t20-,21-,23-,24-,26+/m0/s1. The molecule has 200 valence electrons. The third-order valence-corrected chi connectivity index (χ3v) is 7.71. The quantitative estimate of drug-likeness (QED) is 0.587. The Morgan fingerprint density at radius 1 is 1.14 bits per heavy atom. The molecule has 8 nitrogen and oxygen atoms in total. The third-order valence-electron chi connectivity index (χ3n) is 7.71. The molecule has 5 atom stereocenters. The highest BCUT2D eigenvalue weighted by atomic mass is 16.5. The lowest BCUT2D eigenvalue weighted by molar-refractivity contribution is -0.133. The number of benzene rings is 1. The monoisotopic (exact) mass is 501 g/mol. The first kappa shape index (κ1) is 26.9. The maximum atomic E-state index is 13.4. The number of nitrogens with one attached hydrogen (secondary N) is 2. The number of amides is 2. The minimum Gasteiger partial charge on any atom is -0.493 e. The summed E-state index contributed by atoms with van der Waals surface area (Å²) in [5, 5.41) is 16.7. The summed E-state index contributed by atoms with van der Waals surface area (Å²) in [4.78, 5) is 28.8. The summed E-state index contributed by atoms with van der Waals surface area (Å²) in [6.07, 6.45) is 2.46. The van der Waals surface area contributed by atoms with Crippen LogP contribution in [0.2, 0.25) is 0 Å². The Morgan fingerprint density at radius 2 is 1.94 bits per heavy atom. The first-order chi connectivity index (χ1) is 17.2. The molecule has 2 amide bonds. The highest BCUT2D eigenvalue weighted by Gasteiger charge is 2.38. The SMILES string of the molecule is CC(C)CCN1C[C@@H]2C[C@H]1C(=O)NC[C@H]1O[C@H](CCOc3cc(C(C)C)ccc3C(=O)N2)CC[C@@H]1O. The number of carbonyl (C=O) groups is 2. The first-order valence-electron chi connectivity index (χ1n) is 13.6. The molecule has 0 saturated carbocycles. The van der Waals surface area contributed by atoms with Crippen molar-refractivity contribution in [1.29, 1.82) is 0 Å². The largest absolute Gasteiger partial charge is 0.493 e. The van der Waals surface area contributed by atoms with Crippen LogP contribution in [0.15, 0.2) is 18.2 Å². The van der Waals surface area contributed by atoms with Gasteiger partial charge in [-0.1, -0.05) is 33.8 Å². The van der Waals surface area contributed by atoms with Gasteiger partial charge < -0.3 is 25.2 Å². The van der Waals surface area contributed by atoms with Crippen molar-refractivity contribution < 1.29 is 24.2 Å². The number of nitrogens with zero attached hydrogens (tertiary/aromatic N) is 1. The van der Waals surface area contributed by atoms with E-state index in [0.717, 1.165) is 24.9 Å². The van der Waals surface area contributed by atoms with E-state index in [9.17, 15) is 14.7 Å². The van der Waals surface area contributed by atoms with Crippen LogP contribution < -0.4 is 15.4 Å². The number of fused-ring (bicyclic) bond motifs is 5. The van der Waals surface area contributed by atoms with Gasteiger partial charge in [0.15, 0.2) is 0 Å². The van der Waals surface area contributed by atoms with Crippen LogP contribution in [-0.4, -0.2) is 78.5 Å². The van der Waals surface area contributed by atoms with E-state index >= 15 is 0 Å². The molecular formula is C28H43N3O5. The topological polar surface area (TPSA) is 100 Å². The Morgan fingerprint density at radius 3 is 2.69 bits per heavy atom. The van der Waals surface area contributed by atoms with Crippen LogP contribution >= 0.6 is 0 Å². The van der Waals surface area contributed by atoms with Gasteiger partial charge in [0, 0.05) is 25.6 Å². The zero-order valence-corrected chi connectivity index (χ0v) is 22.2. The maximum Gasteiger partial charge on any atom is 0.255 e. The second-order valence-corrected chi connectivity index (χ2v) is 11.3. The van der Waals surface area contributed by atoms with Crippen LogP contribution in [0.25, 0.3) is 0 Å². The number of rotatable bonds is 4. The summed E-state index contributed by atoms with van der Waals surface area (Å²) in [6, 6.07) is 5.35. The molecule has 0 radical (unpaired) electrons. The van der Waals surface area contributed by atoms with E-state index in [0.29, 0.717) is 55.6 Å². The van der Waals surface area contributed by atoms with Crippen molar-refractivity contribution in [2.45, 2.75) is 96.1 Å². The Hall–Kier alpha value is -2.16. The fourth-order valence-corrected chi connectivity index (χ4v) is 5.38. The molecule has 0 spiro atoms. The number of hydrogen-bond donors (Lipinski definition) is 3. The van der Waals surface area contributed by atoms with Crippen LogP contribution in [0.4, 0.5) is 0 Å². The summed E-state index contributed by atoms with van der Waals surface area (Å²) >= 11 is 0. The normalized spacial score (nSPS) is 30.0. The number of carbonyl (C=O) groups excluding carboxylic acids is 2. The van der Waals surface area contributed by atoms with Crippen molar-refractivity contribution >= 4 is 11.8 Å². The first-order valence-corrected chi connectivity index (χ1v) is 13.6. The van der Waals surface area contributed by atoms with Gasteiger partial charge in [0.2, 0.25) is 5.91 Å². The van der Waals surface area contributed by atoms with E-state index in [1.807, 2.05) is 18.2 Å². The maximum absolute atomic E-state index is 13.4. The zero-order chi connectivity index (χ0) is 25.8. The number of aliphatic hydroxyl groups excluding tert-OH is 1. The zero-order valence-electron chi connectivity index (χ0n) is 22.2. The molecule has 1 aromatic carbocycles. The van der Waals surface area contributed by atoms with E-state index in [4.69, 9.17) is 9.47 Å². The molecule has 2 fully saturated rings. The molecule has 1 aromatic rings. The van der Waals surface area contributed by atoms with Gasteiger partial charge in [-0.05, 0) is 61.8 Å². The molecule has 36 heavy (non-hydrogen) atoms. The van der Waals surface area contributed by atoms with E-state index in [1.54, 1.807) is 0 Å². The number of aliphatic hydroxyl groups is 1. The van der Waals surface area contributed by atoms with Crippen molar-refractivity contribution in [2.75, 3.05) is 26.2 Å². The van der Waals surface area contributed by atoms with Crippen molar-refractivity contribution in [3.8, 4) is 5.75 Å². The summed E-state index contributed by atoms with van der Waals surface area (Å²) in [7, 11) is 0. The Labute approximate surface area is 215 Å². The Kier molecular flexibility index (Phi) is 8.91. The van der Waals surface area contributed by atoms with E-state index in [-0.39, 0.29) is 36.5 Å². The number of hydrogen-bond acceptors (Lipinski definition) is 6. The molecule has 3 aliphatic rings. The highest BCUT2D eigenvalue weighted by Crippen LogP contribution is 2.28. The summed E-state index contributed by atoms with van der Waals surface area (Å²) in [5.41, 5.74) is 1.64. The summed E-state index contributed by atoms with van der Waals surface area (Å²) in [5.74, 6) is 1.19. The average Bonchev–Trinajstić information content (AvgIpc) is 3.24. The van der Waals surface area contributed by atoms with E-state index in [1.165, 1.54) is 0 Å². The number of ether oxygens (including phenoxy) is 2. The van der Waals surface area contributed by atoms with Gasteiger partial charge in [-0.3, -0.25) is 14.5 Å². The molecule has 0 aromatic heterocycles. The van der Waals surface area contributed by atoms with E-state index < -0.39 is 12.2 Å². The Balaban J connectivity index is 1.60. The van der Waals surface area contributed by atoms with Crippen LogP contribution in [0.3, 0.4) is 0 Å². The molecule has 4 rings (SSSR count). The molecular weight excluding hydrogens is 458 g/mol. The van der Waals surface area contributed by atoms with Crippen molar-refractivity contribution in [3.63, 3.8) is 0 Å². The second kappa shape index (κ2) is 11.9. The lowest BCUT2D eigenvalue weighted by atomic mass is 9.99. The average molecular weight is 502 g/mol. The fourth-order valence-electron chi connectivity index (χ4n) is 5.38. The van der Waals surface area contributed by atoms with Gasteiger partial charge in [0.05, 0.1) is 30.4 Å².